The van der Waals surface area contributed by atoms with Gasteiger partial charge in [-0.15, -0.1) is 0 Å². The number of carbonyl (C=O) groups excluding carboxylic acids is 4. The van der Waals surface area contributed by atoms with Gasteiger partial charge in [0, 0.05) is 0 Å². The van der Waals surface area contributed by atoms with Crippen LogP contribution in [0.2, 0.25) is 0 Å². The van der Waals surface area contributed by atoms with E-state index < -0.39 is 23.8 Å². The van der Waals surface area contributed by atoms with Crippen molar-refractivity contribution in [1.82, 2.24) is 0 Å². The zero-order valence-corrected chi connectivity index (χ0v) is 11.7. The van der Waals surface area contributed by atoms with E-state index in [-0.39, 0.29) is 34.6 Å². The van der Waals surface area contributed by atoms with Crippen LogP contribution in [0.4, 0.5) is 0 Å². The summed E-state index contributed by atoms with van der Waals surface area (Å²) in [6, 6.07) is 0. The minimum Gasteiger partial charge on any atom is -0.549 e. The van der Waals surface area contributed by atoms with Crippen LogP contribution in [-0.4, -0.2) is 46.6 Å². The minimum atomic E-state index is -1.31. The van der Waals surface area contributed by atoms with Crippen LogP contribution in [0.25, 0.3) is 0 Å². The summed E-state index contributed by atoms with van der Waals surface area (Å²) in [4.78, 5) is 39.9. The van der Waals surface area contributed by atoms with Crippen molar-refractivity contribution in [3.8, 4) is 0 Å². The second kappa shape index (κ2) is 10.2. The number of rotatable bonds is 4. The molecule has 0 saturated carbocycles. The van der Waals surface area contributed by atoms with Crippen molar-refractivity contribution in [1.29, 1.82) is 0 Å². The zero-order chi connectivity index (χ0) is 13.5. The SMILES string of the molecule is CC(=O)C(C)C(=O)[O-].CC(=O)C(C)C(=O)[O-].[Mg+2]. The van der Waals surface area contributed by atoms with Crippen molar-refractivity contribution in [2.75, 3.05) is 0 Å². The van der Waals surface area contributed by atoms with E-state index in [9.17, 15) is 29.4 Å². The largest absolute Gasteiger partial charge is 2.00 e. The van der Waals surface area contributed by atoms with Gasteiger partial charge in [-0.05, 0) is 13.8 Å². The number of hydrogen-bond acceptors (Lipinski definition) is 6. The van der Waals surface area contributed by atoms with Gasteiger partial charge in [0.15, 0.2) is 0 Å². The summed E-state index contributed by atoms with van der Waals surface area (Å²) in [6.07, 6.45) is 0. The first-order valence-electron chi connectivity index (χ1n) is 4.53. The van der Waals surface area contributed by atoms with Gasteiger partial charge in [-0.3, -0.25) is 9.59 Å². The fourth-order valence-electron chi connectivity index (χ4n) is 0.332. The third-order valence-corrected chi connectivity index (χ3v) is 1.93. The van der Waals surface area contributed by atoms with Crippen LogP contribution in [0.1, 0.15) is 27.7 Å². The smallest absolute Gasteiger partial charge is 0.549 e. The molecule has 0 fully saturated rings. The molecule has 0 rings (SSSR count). The predicted octanol–water partition coefficient (Wildman–Crippen LogP) is -2.46. The average molecular weight is 255 g/mol. The standard InChI is InChI=1S/2C5H8O3.Mg/c2*1-3(4(2)6)5(7)8;/h2*3H,1-2H3,(H,7,8);/q;;+2/p-2. The van der Waals surface area contributed by atoms with Gasteiger partial charge in [-0.2, -0.15) is 0 Å². The number of carboxylic acid groups (broad SMARTS) is 2. The number of ketones is 2. The molecular weight excluding hydrogens is 240 g/mol. The second-order valence-corrected chi connectivity index (χ2v) is 3.30. The van der Waals surface area contributed by atoms with Crippen molar-refractivity contribution < 1.29 is 29.4 Å². The first kappa shape index (κ1) is 21.3. The summed E-state index contributed by atoms with van der Waals surface area (Å²) in [5.41, 5.74) is 0. The van der Waals surface area contributed by atoms with Crippen LogP contribution in [0.15, 0.2) is 0 Å². The molecule has 0 heterocycles. The van der Waals surface area contributed by atoms with Crippen LogP contribution in [0.3, 0.4) is 0 Å². The Balaban J connectivity index is -0.000000218. The molecule has 7 heteroatoms. The molecule has 6 nitrogen and oxygen atoms in total. The molecule has 0 radical (unpaired) electrons. The van der Waals surface area contributed by atoms with Crippen LogP contribution in [0.5, 0.6) is 0 Å². The Morgan fingerprint density at radius 3 is 0.941 bits per heavy atom. The normalized spacial score (nSPS) is 12.0. The number of hydrogen-bond donors (Lipinski definition) is 0. The fraction of sp³-hybridized carbons (Fsp3) is 0.600. The molecule has 0 aliphatic rings. The van der Waals surface area contributed by atoms with Crippen LogP contribution in [0, 0.1) is 11.8 Å². The van der Waals surface area contributed by atoms with Crippen LogP contribution >= 0.6 is 0 Å². The van der Waals surface area contributed by atoms with E-state index >= 15 is 0 Å². The first-order chi connectivity index (χ1) is 7.11. The van der Waals surface area contributed by atoms with Crippen molar-refractivity contribution in [2.24, 2.45) is 11.8 Å². The third-order valence-electron chi connectivity index (χ3n) is 1.93. The fourth-order valence-corrected chi connectivity index (χ4v) is 0.332. The van der Waals surface area contributed by atoms with Gasteiger partial charge in [0.1, 0.15) is 11.6 Å². The van der Waals surface area contributed by atoms with Gasteiger partial charge in [0.05, 0.1) is 23.8 Å². The van der Waals surface area contributed by atoms with Crippen LogP contribution in [-0.2, 0) is 19.2 Å². The average Bonchev–Trinajstić information content (AvgIpc) is 2.15. The molecule has 0 N–H and O–H groups in total. The Bertz CT molecular complexity index is 241. The topological polar surface area (TPSA) is 114 Å². The molecule has 0 aromatic carbocycles. The van der Waals surface area contributed by atoms with E-state index in [1.165, 1.54) is 27.7 Å². The quantitative estimate of drug-likeness (QED) is 0.406. The van der Waals surface area contributed by atoms with Gasteiger partial charge in [0.2, 0.25) is 0 Å². The van der Waals surface area contributed by atoms with Gasteiger partial charge in [-0.25, -0.2) is 0 Å². The maximum atomic E-state index is 10.2. The Morgan fingerprint density at radius 2 is 0.941 bits per heavy atom. The number of Topliss-reactive ketones (excluding diaryl/α,β-unsaturated/α-hetero) is 2. The Hall–Kier alpha value is -0.954. The van der Waals surface area contributed by atoms with E-state index in [2.05, 4.69) is 0 Å². The molecule has 0 aliphatic heterocycles. The van der Waals surface area contributed by atoms with Crippen molar-refractivity contribution in [2.45, 2.75) is 27.7 Å². The maximum Gasteiger partial charge on any atom is 2.00 e. The number of aliphatic carboxylic acids is 2. The molecule has 0 aromatic rings. The molecule has 0 spiro atoms. The summed E-state index contributed by atoms with van der Waals surface area (Å²) in [5.74, 6) is -5.28. The molecule has 0 amide bonds. The van der Waals surface area contributed by atoms with E-state index in [4.69, 9.17) is 0 Å². The summed E-state index contributed by atoms with van der Waals surface area (Å²) < 4.78 is 0. The number of carboxylic acids is 2. The molecular formula is C10H14MgO6. The third kappa shape index (κ3) is 11.3. The summed E-state index contributed by atoms with van der Waals surface area (Å²) in [6.45, 7) is 5.05. The Morgan fingerprint density at radius 1 is 0.765 bits per heavy atom. The number of carbonyl (C=O) groups is 4. The molecule has 2 unspecified atom stereocenters. The minimum absolute atomic E-state index is 0. The monoisotopic (exact) mass is 254 g/mol. The van der Waals surface area contributed by atoms with Crippen LogP contribution < -0.4 is 10.2 Å². The van der Waals surface area contributed by atoms with Gasteiger partial charge in [0.25, 0.3) is 0 Å². The van der Waals surface area contributed by atoms with Gasteiger partial charge in [-0.1, -0.05) is 13.8 Å². The van der Waals surface area contributed by atoms with Crippen molar-refractivity contribution in [3.05, 3.63) is 0 Å². The van der Waals surface area contributed by atoms with Gasteiger partial charge < -0.3 is 19.8 Å². The van der Waals surface area contributed by atoms with E-state index in [0.717, 1.165) is 0 Å². The second-order valence-electron chi connectivity index (χ2n) is 3.30. The molecule has 0 aromatic heterocycles. The van der Waals surface area contributed by atoms with Gasteiger partial charge >= 0.3 is 23.1 Å². The molecule has 0 saturated heterocycles. The van der Waals surface area contributed by atoms with E-state index in [1.54, 1.807) is 0 Å². The van der Waals surface area contributed by atoms with Crippen molar-refractivity contribution in [3.63, 3.8) is 0 Å². The van der Waals surface area contributed by atoms with Crippen molar-refractivity contribution >= 4 is 46.6 Å². The molecule has 0 aliphatic carbocycles. The van der Waals surface area contributed by atoms with E-state index in [0.29, 0.717) is 0 Å². The van der Waals surface area contributed by atoms with E-state index in [1.807, 2.05) is 0 Å². The Kier molecular flexibility index (Phi) is 12.8. The molecule has 2 atom stereocenters. The molecule has 0 bridgehead atoms. The predicted molar refractivity (Wildman–Crippen MR) is 55.5 cm³/mol. The Labute approximate surface area is 116 Å². The zero-order valence-electron chi connectivity index (χ0n) is 10.3. The summed E-state index contributed by atoms with van der Waals surface area (Å²) in [7, 11) is 0. The summed E-state index contributed by atoms with van der Waals surface area (Å²) >= 11 is 0. The molecule has 92 valence electrons. The maximum absolute atomic E-state index is 10.2. The molecule has 17 heavy (non-hydrogen) atoms. The summed E-state index contributed by atoms with van der Waals surface area (Å²) in [5, 5.41) is 19.6. The first-order valence-corrected chi connectivity index (χ1v) is 4.53.